The predicted molar refractivity (Wildman–Crippen MR) is 58.9 cm³/mol. The van der Waals surface area contributed by atoms with Crippen molar-refractivity contribution in [3.8, 4) is 11.5 Å². The molecule has 5 heteroatoms. The van der Waals surface area contributed by atoms with E-state index in [-0.39, 0.29) is 6.54 Å². The maximum atomic E-state index is 10.9. The van der Waals surface area contributed by atoms with Gasteiger partial charge < -0.3 is 20.3 Å². The van der Waals surface area contributed by atoms with E-state index in [1.165, 1.54) is 20.3 Å². The van der Waals surface area contributed by atoms with Crippen LogP contribution >= 0.6 is 0 Å². The van der Waals surface area contributed by atoms with Crippen LogP contribution in [0, 0.1) is 0 Å². The van der Waals surface area contributed by atoms with E-state index in [9.17, 15) is 9.90 Å². The summed E-state index contributed by atoms with van der Waals surface area (Å²) in [5.41, 5.74) is 6.13. The zero-order chi connectivity index (χ0) is 12.1. The van der Waals surface area contributed by atoms with Crippen molar-refractivity contribution in [3.05, 3.63) is 23.3 Å². The van der Waals surface area contributed by atoms with Crippen LogP contribution < -0.4 is 15.2 Å². The van der Waals surface area contributed by atoms with E-state index in [1.54, 1.807) is 6.07 Å². The summed E-state index contributed by atoms with van der Waals surface area (Å²) in [6.07, 6.45) is -0.240. The lowest BCUT2D eigenvalue weighted by Gasteiger charge is -2.15. The molecular weight excluding hydrogens is 210 g/mol. The number of benzene rings is 1. The smallest absolute Gasteiger partial charge is 0.161 e. The average Bonchev–Trinajstić information content (AvgIpc) is 2.35. The van der Waals surface area contributed by atoms with Crippen LogP contribution in [0.4, 0.5) is 0 Å². The molecule has 0 spiro atoms. The van der Waals surface area contributed by atoms with Crippen molar-refractivity contribution in [2.45, 2.75) is 6.10 Å². The normalized spacial score (nSPS) is 12.0. The Bertz CT molecular complexity index is 378. The average molecular weight is 225 g/mol. The number of aldehydes is 1. The summed E-state index contributed by atoms with van der Waals surface area (Å²) in [5, 5.41) is 9.64. The number of nitrogens with two attached hydrogens (primary N) is 1. The lowest BCUT2D eigenvalue weighted by atomic mass is 10.0. The molecule has 0 bridgehead atoms. The van der Waals surface area contributed by atoms with Gasteiger partial charge >= 0.3 is 0 Å². The molecule has 0 amide bonds. The first-order valence-corrected chi connectivity index (χ1v) is 4.77. The van der Waals surface area contributed by atoms with Gasteiger partial charge in [-0.3, -0.25) is 4.79 Å². The Morgan fingerprint density at radius 3 is 2.38 bits per heavy atom. The van der Waals surface area contributed by atoms with E-state index in [1.807, 2.05) is 0 Å². The fraction of sp³-hybridized carbons (Fsp3) is 0.364. The largest absolute Gasteiger partial charge is 0.493 e. The maximum Gasteiger partial charge on any atom is 0.161 e. The minimum Gasteiger partial charge on any atom is -0.493 e. The number of carbonyl (C=O) groups is 1. The number of methoxy groups -OCH3 is 2. The number of aliphatic hydroxyl groups excluding tert-OH is 1. The third-order valence-corrected chi connectivity index (χ3v) is 2.30. The van der Waals surface area contributed by atoms with Crippen molar-refractivity contribution in [2.75, 3.05) is 20.8 Å². The number of hydrogen-bond acceptors (Lipinski definition) is 5. The van der Waals surface area contributed by atoms with Gasteiger partial charge in [0.15, 0.2) is 17.8 Å². The maximum absolute atomic E-state index is 10.9. The quantitative estimate of drug-likeness (QED) is 0.713. The zero-order valence-corrected chi connectivity index (χ0v) is 9.27. The summed E-state index contributed by atoms with van der Waals surface area (Å²) in [5.74, 6) is 0.896. The molecule has 3 N–H and O–H groups in total. The molecule has 1 atom stereocenters. The number of hydrogen-bond donors (Lipinski definition) is 2. The van der Waals surface area contributed by atoms with Gasteiger partial charge in [-0.05, 0) is 17.7 Å². The Morgan fingerprint density at radius 1 is 1.38 bits per heavy atom. The molecular formula is C11H15NO4. The van der Waals surface area contributed by atoms with Crippen LogP contribution in [0.5, 0.6) is 11.5 Å². The van der Waals surface area contributed by atoms with Crippen molar-refractivity contribution in [1.29, 1.82) is 0 Å². The second-order valence-corrected chi connectivity index (χ2v) is 3.21. The molecule has 0 radical (unpaired) electrons. The van der Waals surface area contributed by atoms with E-state index < -0.39 is 6.10 Å². The van der Waals surface area contributed by atoms with E-state index >= 15 is 0 Å². The summed E-state index contributed by atoms with van der Waals surface area (Å²) in [6.45, 7) is 0.0380. The van der Waals surface area contributed by atoms with Crippen LogP contribution in [0.1, 0.15) is 22.0 Å². The van der Waals surface area contributed by atoms with E-state index in [0.717, 1.165) is 0 Å². The van der Waals surface area contributed by atoms with Crippen LogP contribution in [-0.4, -0.2) is 32.2 Å². The van der Waals surface area contributed by atoms with Gasteiger partial charge in [-0.15, -0.1) is 0 Å². The van der Waals surface area contributed by atoms with Gasteiger partial charge in [-0.25, -0.2) is 0 Å². The molecule has 0 aliphatic heterocycles. The molecule has 0 fully saturated rings. The topological polar surface area (TPSA) is 81.8 Å². The van der Waals surface area contributed by atoms with Gasteiger partial charge in [0.05, 0.1) is 20.3 Å². The molecule has 0 aromatic heterocycles. The zero-order valence-electron chi connectivity index (χ0n) is 9.27. The van der Waals surface area contributed by atoms with E-state index in [4.69, 9.17) is 15.2 Å². The van der Waals surface area contributed by atoms with Gasteiger partial charge in [0.2, 0.25) is 0 Å². The number of ether oxygens (including phenoxy) is 2. The number of rotatable bonds is 5. The first kappa shape index (κ1) is 12.5. The minimum atomic E-state index is -0.889. The molecule has 0 aliphatic rings. The highest BCUT2D eigenvalue weighted by Crippen LogP contribution is 2.32. The molecule has 0 heterocycles. The SMILES string of the molecule is COc1cc(C=O)c(C(O)CN)cc1OC. The first-order valence-electron chi connectivity index (χ1n) is 4.77. The highest BCUT2D eigenvalue weighted by molar-refractivity contribution is 5.79. The summed E-state index contributed by atoms with van der Waals surface area (Å²) < 4.78 is 10.1. The summed E-state index contributed by atoms with van der Waals surface area (Å²) >= 11 is 0. The molecule has 5 nitrogen and oxygen atoms in total. The Kier molecular flexibility index (Phi) is 4.28. The van der Waals surface area contributed by atoms with E-state index in [0.29, 0.717) is 28.9 Å². The highest BCUT2D eigenvalue weighted by Gasteiger charge is 2.15. The van der Waals surface area contributed by atoms with Crippen LogP contribution in [0.15, 0.2) is 12.1 Å². The summed E-state index contributed by atoms with van der Waals surface area (Å²) in [6, 6.07) is 3.07. The highest BCUT2D eigenvalue weighted by atomic mass is 16.5. The molecule has 0 aliphatic carbocycles. The predicted octanol–water partition coefficient (Wildman–Crippen LogP) is 0.508. The third kappa shape index (κ3) is 2.32. The van der Waals surface area contributed by atoms with Crippen molar-refractivity contribution in [2.24, 2.45) is 5.73 Å². The molecule has 1 aromatic carbocycles. The Hall–Kier alpha value is -1.59. The lowest BCUT2D eigenvalue weighted by molar-refractivity contribution is 0.111. The van der Waals surface area contributed by atoms with Crippen molar-refractivity contribution in [3.63, 3.8) is 0 Å². The molecule has 1 aromatic rings. The van der Waals surface area contributed by atoms with Crippen LogP contribution in [0.2, 0.25) is 0 Å². The molecule has 0 saturated heterocycles. The second-order valence-electron chi connectivity index (χ2n) is 3.21. The second kappa shape index (κ2) is 5.48. The lowest BCUT2D eigenvalue weighted by Crippen LogP contribution is -2.13. The molecule has 16 heavy (non-hydrogen) atoms. The first-order chi connectivity index (χ1) is 7.67. The summed E-state index contributed by atoms with van der Waals surface area (Å²) in [4.78, 5) is 10.9. The van der Waals surface area contributed by atoms with Crippen molar-refractivity contribution >= 4 is 6.29 Å². The van der Waals surface area contributed by atoms with Gasteiger partial charge in [-0.1, -0.05) is 0 Å². The van der Waals surface area contributed by atoms with Gasteiger partial charge in [0.25, 0.3) is 0 Å². The Morgan fingerprint density at radius 2 is 1.94 bits per heavy atom. The monoisotopic (exact) mass is 225 g/mol. The molecule has 1 rings (SSSR count). The fourth-order valence-corrected chi connectivity index (χ4v) is 1.43. The van der Waals surface area contributed by atoms with Crippen LogP contribution in [0.25, 0.3) is 0 Å². The number of aliphatic hydroxyl groups is 1. The third-order valence-electron chi connectivity index (χ3n) is 2.30. The van der Waals surface area contributed by atoms with Crippen LogP contribution in [0.3, 0.4) is 0 Å². The summed E-state index contributed by atoms with van der Waals surface area (Å²) in [7, 11) is 2.96. The van der Waals surface area contributed by atoms with Crippen LogP contribution in [-0.2, 0) is 0 Å². The standard InChI is InChI=1S/C11H15NO4/c1-15-10-3-7(6-13)8(9(14)5-12)4-11(10)16-2/h3-4,6,9,14H,5,12H2,1-2H3. The van der Waals surface area contributed by atoms with Gasteiger partial charge in [0.1, 0.15) is 0 Å². The molecule has 88 valence electrons. The Labute approximate surface area is 93.8 Å². The fourth-order valence-electron chi connectivity index (χ4n) is 1.43. The molecule has 0 saturated carbocycles. The Balaban J connectivity index is 3.31. The van der Waals surface area contributed by atoms with Crippen molar-refractivity contribution < 1.29 is 19.4 Å². The van der Waals surface area contributed by atoms with Gasteiger partial charge in [-0.2, -0.15) is 0 Å². The number of carbonyl (C=O) groups excluding carboxylic acids is 1. The minimum absolute atomic E-state index is 0.0380. The van der Waals surface area contributed by atoms with E-state index in [2.05, 4.69) is 0 Å². The van der Waals surface area contributed by atoms with Crippen molar-refractivity contribution in [1.82, 2.24) is 0 Å². The van der Waals surface area contributed by atoms with Gasteiger partial charge in [0, 0.05) is 12.1 Å². The molecule has 1 unspecified atom stereocenters.